The van der Waals surface area contributed by atoms with Gasteiger partial charge in [-0.05, 0) is 32.8 Å². The Kier molecular flexibility index (Phi) is 8.94. The first kappa shape index (κ1) is 19.3. The number of amides is 1. The molecule has 0 aliphatic rings. The van der Waals surface area contributed by atoms with Gasteiger partial charge in [-0.2, -0.15) is 0 Å². The van der Waals surface area contributed by atoms with E-state index >= 15 is 0 Å². The fourth-order valence-electron chi connectivity index (χ4n) is 1.26. The summed E-state index contributed by atoms with van der Waals surface area (Å²) in [5.74, 6) is -1.59. The molecule has 1 N–H and O–H groups in total. The first-order chi connectivity index (χ1) is 9.25. The predicted molar refractivity (Wildman–Crippen MR) is 77.4 cm³/mol. The molecule has 0 aromatic rings. The Labute approximate surface area is 120 Å². The smallest absolute Gasteiger partial charge is 0.334 e. The fourth-order valence-corrected chi connectivity index (χ4v) is 2.72. The van der Waals surface area contributed by atoms with Crippen LogP contribution in [0.1, 0.15) is 34.6 Å². The molecule has 1 amide bonds. The molecular formula is C13H25FNO4P. The number of carbonyl (C=O) groups excluding carboxylic acids is 1. The van der Waals surface area contributed by atoms with Crippen LogP contribution in [0.2, 0.25) is 0 Å². The van der Waals surface area contributed by atoms with Gasteiger partial charge in [-0.15, -0.1) is 0 Å². The number of carbonyl (C=O) groups is 1. The molecule has 0 spiro atoms. The first-order valence-corrected chi connectivity index (χ1v) is 8.53. The summed E-state index contributed by atoms with van der Waals surface area (Å²) in [5.41, 5.74) is 0. The second-order valence-corrected chi connectivity index (χ2v) is 6.79. The number of rotatable bonds is 9. The lowest BCUT2D eigenvalue weighted by Crippen LogP contribution is -2.36. The predicted octanol–water partition coefficient (Wildman–Crippen LogP) is 3.27. The molecule has 0 fully saturated rings. The van der Waals surface area contributed by atoms with Crippen molar-refractivity contribution in [2.45, 2.75) is 40.7 Å². The molecule has 0 saturated heterocycles. The van der Waals surface area contributed by atoms with Crippen molar-refractivity contribution in [2.24, 2.45) is 5.92 Å². The minimum atomic E-state index is -3.36. The van der Waals surface area contributed by atoms with Gasteiger partial charge in [-0.25, -0.2) is 4.39 Å². The Morgan fingerprint density at radius 1 is 1.25 bits per heavy atom. The van der Waals surface area contributed by atoms with Gasteiger partial charge in [-0.1, -0.05) is 13.8 Å². The van der Waals surface area contributed by atoms with Gasteiger partial charge in [0.15, 0.2) is 5.83 Å². The maximum atomic E-state index is 13.6. The molecular weight excluding hydrogens is 284 g/mol. The zero-order valence-electron chi connectivity index (χ0n) is 12.8. The van der Waals surface area contributed by atoms with E-state index in [1.54, 1.807) is 20.8 Å². The molecule has 5 nitrogen and oxygen atoms in total. The maximum absolute atomic E-state index is 13.6. The van der Waals surface area contributed by atoms with Crippen molar-refractivity contribution in [1.82, 2.24) is 5.32 Å². The van der Waals surface area contributed by atoms with Gasteiger partial charge in [0.05, 0.1) is 19.4 Å². The zero-order chi connectivity index (χ0) is 15.8. The van der Waals surface area contributed by atoms with Gasteiger partial charge in [0.25, 0.3) is 5.91 Å². The molecule has 0 aromatic heterocycles. The van der Waals surface area contributed by atoms with Crippen LogP contribution in [0.25, 0.3) is 0 Å². The van der Waals surface area contributed by atoms with Crippen molar-refractivity contribution in [3.8, 4) is 0 Å². The van der Waals surface area contributed by atoms with Gasteiger partial charge in [0.2, 0.25) is 0 Å². The van der Waals surface area contributed by atoms with E-state index in [4.69, 9.17) is 9.05 Å². The normalized spacial score (nSPS) is 14.4. The molecule has 118 valence electrons. The molecule has 0 heterocycles. The van der Waals surface area contributed by atoms with Crippen LogP contribution in [-0.2, 0) is 18.4 Å². The minimum absolute atomic E-state index is 0.146. The molecule has 7 heteroatoms. The monoisotopic (exact) mass is 309 g/mol. The summed E-state index contributed by atoms with van der Waals surface area (Å²) in [5, 5.41) is 2.53. The second kappa shape index (κ2) is 9.27. The van der Waals surface area contributed by atoms with E-state index < -0.39 is 19.3 Å². The Bertz CT molecular complexity index is 375. The SMILES string of the molecule is CCOP(=O)(C/C=C(\F)C(=O)NC(C)C(C)C)OCC. The highest BCUT2D eigenvalue weighted by Crippen LogP contribution is 2.48. The largest absolute Gasteiger partial charge is 0.347 e. The van der Waals surface area contributed by atoms with Crippen molar-refractivity contribution in [3.05, 3.63) is 11.9 Å². The second-order valence-electron chi connectivity index (χ2n) is 4.69. The quantitative estimate of drug-likeness (QED) is 0.524. The lowest BCUT2D eigenvalue weighted by molar-refractivity contribution is -0.119. The Hall–Kier alpha value is -0.710. The van der Waals surface area contributed by atoms with E-state index in [1.165, 1.54) is 0 Å². The van der Waals surface area contributed by atoms with Gasteiger partial charge in [-0.3, -0.25) is 9.36 Å². The molecule has 0 aromatic carbocycles. The summed E-state index contributed by atoms with van der Waals surface area (Å²) >= 11 is 0. The van der Waals surface area contributed by atoms with Crippen LogP contribution in [0.3, 0.4) is 0 Å². The third-order valence-electron chi connectivity index (χ3n) is 2.72. The van der Waals surface area contributed by atoms with Crippen LogP contribution in [0, 0.1) is 5.92 Å². The first-order valence-electron chi connectivity index (χ1n) is 6.80. The molecule has 0 bridgehead atoms. The highest BCUT2D eigenvalue weighted by molar-refractivity contribution is 7.54. The number of hydrogen-bond donors (Lipinski definition) is 1. The lowest BCUT2D eigenvalue weighted by atomic mass is 10.1. The van der Waals surface area contributed by atoms with E-state index in [-0.39, 0.29) is 31.3 Å². The average Bonchev–Trinajstić information content (AvgIpc) is 2.36. The van der Waals surface area contributed by atoms with Gasteiger partial charge >= 0.3 is 7.60 Å². The summed E-state index contributed by atoms with van der Waals surface area (Å²) in [6.07, 6.45) is 0.693. The van der Waals surface area contributed by atoms with Crippen LogP contribution >= 0.6 is 7.60 Å². The van der Waals surface area contributed by atoms with Crippen molar-refractivity contribution >= 4 is 13.5 Å². The third kappa shape index (κ3) is 7.17. The van der Waals surface area contributed by atoms with Crippen LogP contribution in [-0.4, -0.2) is 31.3 Å². The van der Waals surface area contributed by atoms with Crippen molar-refractivity contribution in [1.29, 1.82) is 0 Å². The van der Waals surface area contributed by atoms with E-state index in [2.05, 4.69) is 5.32 Å². The van der Waals surface area contributed by atoms with Crippen molar-refractivity contribution < 1.29 is 22.8 Å². The van der Waals surface area contributed by atoms with Crippen molar-refractivity contribution in [2.75, 3.05) is 19.4 Å². The molecule has 0 rings (SSSR count). The average molecular weight is 309 g/mol. The van der Waals surface area contributed by atoms with Gasteiger partial charge < -0.3 is 14.4 Å². The number of halogens is 1. The third-order valence-corrected chi connectivity index (χ3v) is 4.65. The molecule has 20 heavy (non-hydrogen) atoms. The number of allylic oxidation sites excluding steroid dienone is 1. The molecule has 0 aliphatic heterocycles. The lowest BCUT2D eigenvalue weighted by Gasteiger charge is -2.17. The van der Waals surface area contributed by atoms with Crippen LogP contribution in [0.15, 0.2) is 11.9 Å². The van der Waals surface area contributed by atoms with E-state index in [0.29, 0.717) is 0 Å². The van der Waals surface area contributed by atoms with E-state index in [1.807, 2.05) is 13.8 Å². The van der Waals surface area contributed by atoms with Crippen molar-refractivity contribution in [3.63, 3.8) is 0 Å². The Balaban J connectivity index is 4.63. The zero-order valence-corrected chi connectivity index (χ0v) is 13.7. The fraction of sp³-hybridized carbons (Fsp3) is 0.769. The Morgan fingerprint density at radius 3 is 2.15 bits per heavy atom. The van der Waals surface area contributed by atoms with Crippen LogP contribution in [0.5, 0.6) is 0 Å². The molecule has 1 atom stereocenters. The standard InChI is InChI=1S/C13H25FNO4P/c1-6-18-20(17,19-7-2)9-8-12(14)13(16)15-11(5)10(3)4/h8,10-11H,6-7,9H2,1-5H3,(H,15,16)/b12-8-. The highest BCUT2D eigenvalue weighted by atomic mass is 31.2. The van der Waals surface area contributed by atoms with Gasteiger partial charge in [0, 0.05) is 6.04 Å². The summed E-state index contributed by atoms with van der Waals surface area (Å²) in [6, 6.07) is -0.146. The molecule has 1 unspecified atom stereocenters. The van der Waals surface area contributed by atoms with Crippen LogP contribution in [0.4, 0.5) is 4.39 Å². The Morgan fingerprint density at radius 2 is 1.75 bits per heavy atom. The maximum Gasteiger partial charge on any atom is 0.334 e. The summed E-state index contributed by atoms with van der Waals surface area (Å²) < 4.78 is 35.8. The topological polar surface area (TPSA) is 64.6 Å². The van der Waals surface area contributed by atoms with E-state index in [0.717, 1.165) is 6.08 Å². The van der Waals surface area contributed by atoms with E-state index in [9.17, 15) is 13.8 Å². The highest BCUT2D eigenvalue weighted by Gasteiger charge is 2.23. The molecule has 0 saturated carbocycles. The molecule has 0 aliphatic carbocycles. The van der Waals surface area contributed by atoms with Crippen LogP contribution < -0.4 is 5.32 Å². The number of nitrogens with one attached hydrogen (secondary N) is 1. The summed E-state index contributed by atoms with van der Waals surface area (Å²) in [4.78, 5) is 11.6. The molecule has 0 radical (unpaired) electrons. The number of hydrogen-bond acceptors (Lipinski definition) is 4. The van der Waals surface area contributed by atoms with Gasteiger partial charge in [0.1, 0.15) is 0 Å². The minimum Gasteiger partial charge on any atom is -0.347 e. The summed E-state index contributed by atoms with van der Waals surface area (Å²) in [7, 11) is -3.36. The summed E-state index contributed by atoms with van der Waals surface area (Å²) in [6.45, 7) is 9.37.